The van der Waals surface area contributed by atoms with Gasteiger partial charge in [0.25, 0.3) is 0 Å². The molecule has 1 aliphatic carbocycles. The molecular formula is C14H22N6. The summed E-state index contributed by atoms with van der Waals surface area (Å²) in [5.41, 5.74) is 0. The zero-order chi connectivity index (χ0) is 14.1. The van der Waals surface area contributed by atoms with Gasteiger partial charge in [-0.05, 0) is 32.8 Å². The second-order valence-electron chi connectivity index (χ2n) is 5.70. The highest BCUT2D eigenvalue weighted by molar-refractivity contribution is 5.07. The Morgan fingerprint density at radius 2 is 2.15 bits per heavy atom. The predicted molar refractivity (Wildman–Crippen MR) is 76.2 cm³/mol. The zero-order valence-electron chi connectivity index (χ0n) is 12.3. The molecule has 108 valence electrons. The highest BCUT2D eigenvalue weighted by Crippen LogP contribution is 2.38. The van der Waals surface area contributed by atoms with Crippen molar-refractivity contribution < 1.29 is 0 Å². The van der Waals surface area contributed by atoms with Crippen molar-refractivity contribution in [1.29, 1.82) is 0 Å². The number of rotatable bonds is 6. The fourth-order valence-electron chi connectivity index (χ4n) is 2.40. The molecule has 0 radical (unpaired) electrons. The number of nitrogens with one attached hydrogen (secondary N) is 1. The average Bonchev–Trinajstić information content (AvgIpc) is 3.01. The van der Waals surface area contributed by atoms with E-state index in [0.717, 1.165) is 18.2 Å². The van der Waals surface area contributed by atoms with Gasteiger partial charge in [0.2, 0.25) is 0 Å². The Labute approximate surface area is 119 Å². The van der Waals surface area contributed by atoms with Crippen LogP contribution in [0, 0.1) is 0 Å². The van der Waals surface area contributed by atoms with Gasteiger partial charge < -0.3 is 9.88 Å². The average molecular weight is 274 g/mol. The molecule has 2 aromatic heterocycles. The number of aromatic nitrogens is 5. The molecule has 0 saturated heterocycles. The summed E-state index contributed by atoms with van der Waals surface area (Å²) >= 11 is 0. The van der Waals surface area contributed by atoms with E-state index in [1.165, 1.54) is 12.8 Å². The molecule has 2 heterocycles. The van der Waals surface area contributed by atoms with Crippen LogP contribution in [0.5, 0.6) is 0 Å². The van der Waals surface area contributed by atoms with Crippen LogP contribution in [-0.2, 0) is 13.6 Å². The molecule has 0 unspecified atom stereocenters. The Kier molecular flexibility index (Phi) is 3.56. The van der Waals surface area contributed by atoms with Crippen LogP contribution >= 0.6 is 0 Å². The fourth-order valence-corrected chi connectivity index (χ4v) is 2.40. The van der Waals surface area contributed by atoms with Crippen molar-refractivity contribution in [3.05, 3.63) is 30.1 Å². The molecule has 0 aliphatic heterocycles. The van der Waals surface area contributed by atoms with Gasteiger partial charge in [0.15, 0.2) is 0 Å². The van der Waals surface area contributed by atoms with Crippen LogP contribution in [0.15, 0.2) is 18.5 Å². The topological polar surface area (TPSA) is 60.6 Å². The fraction of sp³-hybridized carbons (Fsp3) is 0.643. The third-order valence-corrected chi connectivity index (χ3v) is 4.19. The van der Waals surface area contributed by atoms with Crippen molar-refractivity contribution >= 4 is 0 Å². The van der Waals surface area contributed by atoms with E-state index in [-0.39, 0.29) is 0 Å². The van der Waals surface area contributed by atoms with Crippen LogP contribution < -0.4 is 5.32 Å². The van der Waals surface area contributed by atoms with E-state index in [4.69, 9.17) is 0 Å². The Bertz CT molecular complexity index is 554. The Balaban J connectivity index is 1.58. The molecule has 1 fully saturated rings. The summed E-state index contributed by atoms with van der Waals surface area (Å²) in [5.74, 6) is 2.78. The molecule has 2 aromatic rings. The van der Waals surface area contributed by atoms with Crippen LogP contribution in [0.4, 0.5) is 0 Å². The molecule has 3 rings (SSSR count). The minimum absolute atomic E-state index is 0.307. The first-order chi connectivity index (χ1) is 9.66. The van der Waals surface area contributed by atoms with Gasteiger partial charge >= 0.3 is 0 Å². The van der Waals surface area contributed by atoms with E-state index in [1.807, 2.05) is 23.1 Å². The maximum Gasteiger partial charge on any atom is 0.146 e. The summed E-state index contributed by atoms with van der Waals surface area (Å²) < 4.78 is 4.11. The molecule has 1 saturated carbocycles. The zero-order valence-corrected chi connectivity index (χ0v) is 12.3. The van der Waals surface area contributed by atoms with E-state index in [9.17, 15) is 0 Å². The van der Waals surface area contributed by atoms with Crippen LogP contribution in [-0.4, -0.2) is 30.6 Å². The number of nitrogens with zero attached hydrogens (tertiary/aromatic N) is 5. The first-order valence-corrected chi connectivity index (χ1v) is 7.27. The number of hydrogen-bond donors (Lipinski definition) is 1. The SMILES string of the molecule is C[C@H](NCc1nnc(C2CC2)n1C)[C@@H](C)n1cccn1. The second kappa shape index (κ2) is 5.36. The highest BCUT2D eigenvalue weighted by Gasteiger charge is 2.29. The van der Waals surface area contributed by atoms with Crippen molar-refractivity contribution in [2.75, 3.05) is 0 Å². The lowest BCUT2D eigenvalue weighted by molar-refractivity contribution is 0.360. The van der Waals surface area contributed by atoms with Gasteiger partial charge in [-0.3, -0.25) is 4.68 Å². The minimum atomic E-state index is 0.307. The molecule has 0 aromatic carbocycles. The third-order valence-electron chi connectivity index (χ3n) is 4.19. The first kappa shape index (κ1) is 13.3. The minimum Gasteiger partial charge on any atom is -0.317 e. The van der Waals surface area contributed by atoms with Gasteiger partial charge in [-0.2, -0.15) is 5.10 Å². The second-order valence-corrected chi connectivity index (χ2v) is 5.70. The molecule has 1 N–H and O–H groups in total. The smallest absolute Gasteiger partial charge is 0.146 e. The molecule has 2 atom stereocenters. The van der Waals surface area contributed by atoms with E-state index in [1.54, 1.807) is 0 Å². The van der Waals surface area contributed by atoms with Gasteiger partial charge in [-0.15, -0.1) is 10.2 Å². The van der Waals surface area contributed by atoms with Crippen LogP contribution in [0.3, 0.4) is 0 Å². The van der Waals surface area contributed by atoms with E-state index in [0.29, 0.717) is 18.0 Å². The maximum atomic E-state index is 4.31. The summed E-state index contributed by atoms with van der Waals surface area (Å²) in [4.78, 5) is 0. The summed E-state index contributed by atoms with van der Waals surface area (Å²) in [5, 5.41) is 16.4. The first-order valence-electron chi connectivity index (χ1n) is 7.27. The lowest BCUT2D eigenvalue weighted by Crippen LogP contribution is -2.34. The lowest BCUT2D eigenvalue weighted by Gasteiger charge is -2.21. The van der Waals surface area contributed by atoms with Crippen molar-refractivity contribution in [2.24, 2.45) is 7.05 Å². The standard InChI is InChI=1S/C14H22N6/c1-10(11(2)20-8-4-7-16-20)15-9-13-17-18-14(19(13)3)12-5-6-12/h4,7-8,10-12,15H,5-6,9H2,1-3H3/t10-,11+/m0/s1. The van der Waals surface area contributed by atoms with E-state index < -0.39 is 0 Å². The normalized spacial score (nSPS) is 18.1. The largest absolute Gasteiger partial charge is 0.317 e. The van der Waals surface area contributed by atoms with Gasteiger partial charge in [-0.1, -0.05) is 0 Å². The predicted octanol–water partition coefficient (Wildman–Crippen LogP) is 1.63. The molecule has 0 bridgehead atoms. The Hall–Kier alpha value is -1.69. The number of hydrogen-bond acceptors (Lipinski definition) is 4. The Morgan fingerprint density at radius 1 is 1.35 bits per heavy atom. The van der Waals surface area contributed by atoms with Crippen LogP contribution in [0.1, 0.15) is 50.3 Å². The van der Waals surface area contributed by atoms with Crippen molar-refractivity contribution in [2.45, 2.75) is 51.2 Å². The van der Waals surface area contributed by atoms with Gasteiger partial charge in [0, 0.05) is 31.4 Å². The quantitative estimate of drug-likeness (QED) is 0.869. The van der Waals surface area contributed by atoms with Crippen LogP contribution in [0.25, 0.3) is 0 Å². The van der Waals surface area contributed by atoms with Crippen LogP contribution in [0.2, 0.25) is 0 Å². The molecule has 20 heavy (non-hydrogen) atoms. The third kappa shape index (κ3) is 2.60. The highest BCUT2D eigenvalue weighted by atomic mass is 15.3. The molecule has 6 nitrogen and oxygen atoms in total. The summed E-state index contributed by atoms with van der Waals surface area (Å²) in [6.45, 7) is 5.07. The van der Waals surface area contributed by atoms with Gasteiger partial charge in [0.1, 0.15) is 11.6 Å². The monoisotopic (exact) mass is 274 g/mol. The van der Waals surface area contributed by atoms with Gasteiger partial charge in [-0.25, -0.2) is 0 Å². The Morgan fingerprint density at radius 3 is 2.80 bits per heavy atom. The molecule has 0 spiro atoms. The summed E-state index contributed by atoms with van der Waals surface area (Å²) in [7, 11) is 2.06. The van der Waals surface area contributed by atoms with Gasteiger partial charge in [0.05, 0.1) is 12.6 Å². The molecule has 6 heteroatoms. The van der Waals surface area contributed by atoms with Crippen molar-refractivity contribution in [3.8, 4) is 0 Å². The summed E-state index contributed by atoms with van der Waals surface area (Å²) in [6, 6.07) is 2.57. The summed E-state index contributed by atoms with van der Waals surface area (Å²) in [6.07, 6.45) is 6.32. The van der Waals surface area contributed by atoms with E-state index >= 15 is 0 Å². The molecule has 0 amide bonds. The van der Waals surface area contributed by atoms with E-state index in [2.05, 4.69) is 46.1 Å². The molecular weight excluding hydrogens is 252 g/mol. The van der Waals surface area contributed by atoms with Crippen molar-refractivity contribution in [3.63, 3.8) is 0 Å². The van der Waals surface area contributed by atoms with Crippen molar-refractivity contribution in [1.82, 2.24) is 29.9 Å². The molecule has 1 aliphatic rings. The lowest BCUT2D eigenvalue weighted by atomic mass is 10.2. The maximum absolute atomic E-state index is 4.31.